The monoisotopic (exact) mass is 362 g/mol. The van der Waals surface area contributed by atoms with Gasteiger partial charge in [0, 0.05) is 24.5 Å². The summed E-state index contributed by atoms with van der Waals surface area (Å²) in [5, 5.41) is 2.86. The zero-order chi connectivity index (χ0) is 19.1. The number of carbonyl (C=O) groups is 1. The van der Waals surface area contributed by atoms with E-state index >= 15 is 0 Å². The van der Waals surface area contributed by atoms with Gasteiger partial charge in [0.05, 0.1) is 6.42 Å². The number of nitrogens with zero attached hydrogens (tertiary/aromatic N) is 1. The second-order valence-corrected chi connectivity index (χ2v) is 6.40. The highest BCUT2D eigenvalue weighted by molar-refractivity contribution is 5.92. The molecule has 0 bridgehead atoms. The predicted molar refractivity (Wildman–Crippen MR) is 108 cm³/mol. The molecule has 3 aromatic rings. The van der Waals surface area contributed by atoms with Crippen molar-refractivity contribution in [1.82, 2.24) is 0 Å². The van der Waals surface area contributed by atoms with Crippen LogP contribution in [0.15, 0.2) is 78.9 Å². The number of benzene rings is 3. The summed E-state index contributed by atoms with van der Waals surface area (Å²) in [4.78, 5) is 14.4. The number of rotatable bonds is 7. The topological polar surface area (TPSA) is 32.3 Å². The molecule has 27 heavy (non-hydrogen) atoms. The van der Waals surface area contributed by atoms with E-state index < -0.39 is 0 Å². The van der Waals surface area contributed by atoms with Crippen LogP contribution >= 0.6 is 0 Å². The quantitative estimate of drug-likeness (QED) is 0.639. The van der Waals surface area contributed by atoms with E-state index in [9.17, 15) is 9.18 Å². The maximum atomic E-state index is 13.2. The zero-order valence-electron chi connectivity index (χ0n) is 15.4. The summed E-state index contributed by atoms with van der Waals surface area (Å²) in [6.45, 7) is 3.85. The average molecular weight is 362 g/mol. The molecule has 3 nitrogen and oxygen atoms in total. The van der Waals surface area contributed by atoms with E-state index in [1.807, 2.05) is 42.5 Å². The van der Waals surface area contributed by atoms with E-state index in [2.05, 4.69) is 29.3 Å². The first-order valence-corrected chi connectivity index (χ1v) is 9.07. The maximum Gasteiger partial charge on any atom is 0.228 e. The van der Waals surface area contributed by atoms with Crippen molar-refractivity contribution in [2.75, 3.05) is 16.8 Å². The average Bonchev–Trinajstić information content (AvgIpc) is 2.67. The first kappa shape index (κ1) is 18.6. The van der Waals surface area contributed by atoms with Gasteiger partial charge >= 0.3 is 0 Å². The molecule has 0 aliphatic heterocycles. The standard InChI is InChI=1S/C23H23FN2O/c1-2-26(17-18-7-4-3-5-8-18)22-13-11-21(12-14-22)25-23(27)16-19-9-6-10-20(24)15-19/h3-15H,2,16-17H2,1H3,(H,25,27). The lowest BCUT2D eigenvalue weighted by Gasteiger charge is -2.23. The summed E-state index contributed by atoms with van der Waals surface area (Å²) < 4.78 is 13.2. The molecule has 0 radical (unpaired) electrons. The van der Waals surface area contributed by atoms with Gasteiger partial charge in [-0.2, -0.15) is 0 Å². The summed E-state index contributed by atoms with van der Waals surface area (Å²) in [6.07, 6.45) is 0.147. The molecule has 0 atom stereocenters. The fraction of sp³-hybridized carbons (Fsp3) is 0.174. The molecule has 0 saturated carbocycles. The van der Waals surface area contributed by atoms with Crippen LogP contribution in [0.25, 0.3) is 0 Å². The molecule has 4 heteroatoms. The third-order valence-corrected chi connectivity index (χ3v) is 4.37. The Bertz CT molecular complexity index is 878. The number of anilines is 2. The lowest BCUT2D eigenvalue weighted by atomic mass is 10.1. The summed E-state index contributed by atoms with van der Waals surface area (Å²) in [6, 6.07) is 24.2. The molecule has 0 aliphatic carbocycles. The van der Waals surface area contributed by atoms with Gasteiger partial charge in [-0.3, -0.25) is 4.79 Å². The summed E-state index contributed by atoms with van der Waals surface area (Å²) in [7, 11) is 0. The molecule has 0 heterocycles. The van der Waals surface area contributed by atoms with Crippen LogP contribution in [0.2, 0.25) is 0 Å². The Balaban J connectivity index is 1.61. The van der Waals surface area contributed by atoms with Crippen molar-refractivity contribution < 1.29 is 9.18 Å². The lowest BCUT2D eigenvalue weighted by Crippen LogP contribution is -2.22. The Labute approximate surface area is 159 Å². The first-order chi connectivity index (χ1) is 13.1. The van der Waals surface area contributed by atoms with Gasteiger partial charge in [-0.1, -0.05) is 42.5 Å². The first-order valence-electron chi connectivity index (χ1n) is 9.07. The second-order valence-electron chi connectivity index (χ2n) is 6.40. The van der Waals surface area contributed by atoms with Gasteiger partial charge in [-0.25, -0.2) is 4.39 Å². The van der Waals surface area contributed by atoms with E-state index in [1.54, 1.807) is 12.1 Å². The van der Waals surface area contributed by atoms with Crippen molar-refractivity contribution >= 4 is 17.3 Å². The number of carbonyl (C=O) groups excluding carboxylic acids is 1. The number of nitrogens with one attached hydrogen (secondary N) is 1. The molecule has 138 valence electrons. The molecule has 3 rings (SSSR count). The Morgan fingerprint density at radius 2 is 1.63 bits per heavy atom. The van der Waals surface area contributed by atoms with Crippen molar-refractivity contribution in [1.29, 1.82) is 0 Å². The molecule has 0 unspecified atom stereocenters. The Kier molecular flexibility index (Phi) is 6.21. The number of hydrogen-bond donors (Lipinski definition) is 1. The highest BCUT2D eigenvalue weighted by Crippen LogP contribution is 2.20. The molecule has 0 aliphatic rings. The van der Waals surface area contributed by atoms with Crippen LogP contribution in [0.5, 0.6) is 0 Å². The normalized spacial score (nSPS) is 10.4. The van der Waals surface area contributed by atoms with Crippen LogP contribution < -0.4 is 10.2 Å². The molecule has 3 aromatic carbocycles. The van der Waals surface area contributed by atoms with Gasteiger partial charge < -0.3 is 10.2 Å². The second kappa shape index (κ2) is 8.99. The summed E-state index contributed by atoms with van der Waals surface area (Å²) in [5.41, 5.74) is 3.75. The van der Waals surface area contributed by atoms with Crippen molar-refractivity contribution in [2.24, 2.45) is 0 Å². The van der Waals surface area contributed by atoms with Gasteiger partial charge in [0.2, 0.25) is 5.91 Å². The third kappa shape index (κ3) is 5.42. The molecular formula is C23H23FN2O. The van der Waals surface area contributed by atoms with Crippen molar-refractivity contribution in [2.45, 2.75) is 19.9 Å². The van der Waals surface area contributed by atoms with Crippen molar-refractivity contribution in [3.63, 3.8) is 0 Å². The molecule has 0 fully saturated rings. The lowest BCUT2D eigenvalue weighted by molar-refractivity contribution is -0.115. The Morgan fingerprint density at radius 3 is 2.30 bits per heavy atom. The minimum atomic E-state index is -0.331. The van der Waals surface area contributed by atoms with Crippen LogP contribution in [0.3, 0.4) is 0 Å². The van der Waals surface area contributed by atoms with Crippen LogP contribution in [0.4, 0.5) is 15.8 Å². The van der Waals surface area contributed by atoms with Crippen molar-refractivity contribution in [3.8, 4) is 0 Å². The molecule has 0 saturated heterocycles. The van der Waals surface area contributed by atoms with Gasteiger partial charge in [-0.15, -0.1) is 0 Å². The van der Waals surface area contributed by atoms with Crippen LogP contribution in [-0.4, -0.2) is 12.5 Å². The van der Waals surface area contributed by atoms with Gasteiger partial charge in [-0.05, 0) is 54.4 Å². The number of amides is 1. The van der Waals surface area contributed by atoms with Gasteiger partial charge in [0.1, 0.15) is 5.82 Å². The molecule has 0 spiro atoms. The smallest absolute Gasteiger partial charge is 0.228 e. The number of hydrogen-bond acceptors (Lipinski definition) is 2. The molecular weight excluding hydrogens is 339 g/mol. The highest BCUT2D eigenvalue weighted by Gasteiger charge is 2.08. The van der Waals surface area contributed by atoms with Gasteiger partial charge in [0.25, 0.3) is 0 Å². The van der Waals surface area contributed by atoms with Crippen LogP contribution in [0.1, 0.15) is 18.1 Å². The fourth-order valence-electron chi connectivity index (χ4n) is 2.98. The van der Waals surface area contributed by atoms with Crippen LogP contribution in [-0.2, 0) is 17.8 Å². The summed E-state index contributed by atoms with van der Waals surface area (Å²) >= 11 is 0. The largest absolute Gasteiger partial charge is 0.367 e. The van der Waals surface area contributed by atoms with E-state index in [0.29, 0.717) is 5.56 Å². The Hall–Kier alpha value is -3.14. The van der Waals surface area contributed by atoms with E-state index in [1.165, 1.54) is 17.7 Å². The van der Waals surface area contributed by atoms with Crippen LogP contribution in [0, 0.1) is 5.82 Å². The van der Waals surface area contributed by atoms with Gasteiger partial charge in [0.15, 0.2) is 0 Å². The SMILES string of the molecule is CCN(Cc1ccccc1)c1ccc(NC(=O)Cc2cccc(F)c2)cc1. The predicted octanol–water partition coefficient (Wildman–Crippen LogP) is 5.03. The number of halogens is 1. The minimum absolute atomic E-state index is 0.147. The minimum Gasteiger partial charge on any atom is -0.367 e. The fourth-order valence-corrected chi connectivity index (χ4v) is 2.98. The van der Waals surface area contributed by atoms with E-state index in [0.717, 1.165) is 24.5 Å². The molecule has 1 amide bonds. The van der Waals surface area contributed by atoms with Crippen molar-refractivity contribution in [3.05, 3.63) is 95.8 Å². The third-order valence-electron chi connectivity index (χ3n) is 4.37. The Morgan fingerprint density at radius 1 is 0.926 bits per heavy atom. The molecule has 1 N–H and O–H groups in total. The summed E-state index contributed by atoms with van der Waals surface area (Å²) in [5.74, 6) is -0.493. The molecule has 0 aromatic heterocycles. The highest BCUT2D eigenvalue weighted by atomic mass is 19.1. The van der Waals surface area contributed by atoms with E-state index in [4.69, 9.17) is 0 Å². The maximum absolute atomic E-state index is 13.2. The van der Waals surface area contributed by atoms with E-state index in [-0.39, 0.29) is 18.1 Å². The zero-order valence-corrected chi connectivity index (χ0v) is 15.4.